The van der Waals surface area contributed by atoms with Crippen molar-refractivity contribution in [1.29, 1.82) is 0 Å². The van der Waals surface area contributed by atoms with E-state index in [0.29, 0.717) is 26.4 Å². The van der Waals surface area contributed by atoms with Crippen LogP contribution in [0.2, 0.25) is 0 Å². The summed E-state index contributed by atoms with van der Waals surface area (Å²) in [6.45, 7) is 2.78. The molecule has 0 radical (unpaired) electrons. The summed E-state index contributed by atoms with van der Waals surface area (Å²) < 4.78 is 20.1. The van der Waals surface area contributed by atoms with Crippen molar-refractivity contribution in [2.45, 2.75) is 50.7 Å². The van der Waals surface area contributed by atoms with Crippen molar-refractivity contribution < 1.29 is 14.2 Å². The van der Waals surface area contributed by atoms with Crippen molar-refractivity contribution >= 4 is 11.3 Å². The number of nitrogens with zero attached hydrogens (tertiary/aromatic N) is 2. The minimum atomic E-state index is -0.242. The lowest BCUT2D eigenvalue weighted by atomic mass is 10.1. The van der Waals surface area contributed by atoms with Crippen molar-refractivity contribution in [3.8, 4) is 0 Å². The largest absolute Gasteiger partial charge is 0.375 e. The molecule has 0 saturated carbocycles. The predicted molar refractivity (Wildman–Crippen MR) is 167 cm³/mol. The van der Waals surface area contributed by atoms with Crippen LogP contribution in [-0.2, 0) is 40.6 Å². The van der Waals surface area contributed by atoms with Crippen LogP contribution in [0.1, 0.15) is 33.3 Å². The summed E-state index contributed by atoms with van der Waals surface area (Å²) in [4.78, 5) is 7.30. The summed E-state index contributed by atoms with van der Waals surface area (Å²) >= 11 is 1.67. The Hall–Kier alpha value is -3.65. The van der Waals surface area contributed by atoms with E-state index in [9.17, 15) is 0 Å². The lowest BCUT2D eigenvalue weighted by Gasteiger charge is -2.30. The quantitative estimate of drug-likeness (QED) is 0.146. The van der Waals surface area contributed by atoms with Crippen molar-refractivity contribution in [3.63, 3.8) is 0 Å². The molecule has 0 spiro atoms. The standard InChI is InChI=1S/C36H36N2O3S/c1-5-13-28(14-6-1)23-38-32(27-39-24-29-15-7-2-8-16-29)34(40-25-30-17-9-3-10-18-30)35(33(38)36-37-21-22-42-36)41-26-31-19-11-4-12-20-31/h1-22,32-35H,23-27H2/t32-,33+,34+,35-/m0/s1. The van der Waals surface area contributed by atoms with Gasteiger partial charge in [0.1, 0.15) is 17.2 Å². The van der Waals surface area contributed by atoms with E-state index in [2.05, 4.69) is 95.9 Å². The average molecular weight is 577 g/mol. The highest BCUT2D eigenvalue weighted by atomic mass is 32.1. The molecular weight excluding hydrogens is 540 g/mol. The first kappa shape index (κ1) is 28.5. The lowest BCUT2D eigenvalue weighted by Crippen LogP contribution is -2.41. The first-order valence-corrected chi connectivity index (χ1v) is 15.3. The molecule has 1 fully saturated rings. The molecule has 5 nitrogen and oxygen atoms in total. The Balaban J connectivity index is 1.34. The van der Waals surface area contributed by atoms with E-state index in [4.69, 9.17) is 19.2 Å². The molecule has 214 valence electrons. The number of ether oxygens (including phenoxy) is 3. The van der Waals surface area contributed by atoms with Crippen LogP contribution in [0, 0.1) is 0 Å². The van der Waals surface area contributed by atoms with Crippen molar-refractivity contribution in [1.82, 2.24) is 9.88 Å². The monoisotopic (exact) mass is 576 g/mol. The van der Waals surface area contributed by atoms with E-state index in [0.717, 1.165) is 28.2 Å². The molecule has 0 aliphatic carbocycles. The summed E-state index contributed by atoms with van der Waals surface area (Å²) in [5.74, 6) is 0. The number of thiazole rings is 1. The molecule has 1 aromatic heterocycles. The Labute approximate surface area is 252 Å². The van der Waals surface area contributed by atoms with Gasteiger partial charge in [-0.15, -0.1) is 11.3 Å². The topological polar surface area (TPSA) is 43.8 Å². The second-order valence-corrected chi connectivity index (χ2v) is 11.5. The second kappa shape index (κ2) is 14.5. The van der Waals surface area contributed by atoms with Crippen LogP contribution in [0.3, 0.4) is 0 Å². The van der Waals surface area contributed by atoms with Crippen LogP contribution in [-0.4, -0.2) is 34.7 Å². The molecular formula is C36H36N2O3S. The van der Waals surface area contributed by atoms with Crippen LogP contribution in [0.15, 0.2) is 133 Å². The van der Waals surface area contributed by atoms with Gasteiger partial charge >= 0.3 is 0 Å². The van der Waals surface area contributed by atoms with Crippen LogP contribution < -0.4 is 0 Å². The van der Waals surface area contributed by atoms with Gasteiger partial charge < -0.3 is 14.2 Å². The fraction of sp³-hybridized carbons (Fsp3) is 0.250. The molecule has 5 aromatic rings. The Morgan fingerprint density at radius 1 is 0.595 bits per heavy atom. The lowest BCUT2D eigenvalue weighted by molar-refractivity contribution is -0.0868. The van der Waals surface area contributed by atoms with E-state index < -0.39 is 0 Å². The third-order valence-corrected chi connectivity index (χ3v) is 8.53. The van der Waals surface area contributed by atoms with Gasteiger partial charge in [0.2, 0.25) is 0 Å². The molecule has 1 aliphatic heterocycles. The summed E-state index contributed by atoms with van der Waals surface area (Å²) in [5.41, 5.74) is 4.66. The molecule has 1 saturated heterocycles. The van der Waals surface area contributed by atoms with Gasteiger partial charge in [0.15, 0.2) is 0 Å². The third kappa shape index (κ3) is 7.21. The molecule has 6 rings (SSSR count). The molecule has 42 heavy (non-hydrogen) atoms. The maximum atomic E-state index is 6.83. The predicted octanol–water partition coefficient (Wildman–Crippen LogP) is 7.46. The maximum absolute atomic E-state index is 6.83. The highest BCUT2D eigenvalue weighted by Crippen LogP contribution is 2.42. The highest BCUT2D eigenvalue weighted by Gasteiger charge is 2.52. The molecule has 1 aliphatic rings. The third-order valence-electron chi connectivity index (χ3n) is 7.68. The molecule has 0 amide bonds. The molecule has 0 unspecified atom stereocenters. The number of likely N-dealkylation sites (tertiary alicyclic amines) is 1. The zero-order valence-electron chi connectivity index (χ0n) is 23.6. The van der Waals surface area contributed by atoms with Gasteiger partial charge in [-0.3, -0.25) is 4.90 Å². The fourth-order valence-electron chi connectivity index (χ4n) is 5.64. The van der Waals surface area contributed by atoms with Crippen LogP contribution in [0.25, 0.3) is 0 Å². The van der Waals surface area contributed by atoms with Gasteiger partial charge in [-0.25, -0.2) is 4.98 Å². The minimum Gasteiger partial charge on any atom is -0.375 e. The van der Waals surface area contributed by atoms with Crippen LogP contribution >= 0.6 is 11.3 Å². The van der Waals surface area contributed by atoms with Gasteiger partial charge in [0.05, 0.1) is 38.5 Å². The molecule has 2 heterocycles. The van der Waals surface area contributed by atoms with E-state index in [1.165, 1.54) is 5.56 Å². The molecule has 0 bridgehead atoms. The smallest absolute Gasteiger partial charge is 0.113 e. The summed E-state index contributed by atoms with van der Waals surface area (Å²) in [6.07, 6.45) is 1.41. The van der Waals surface area contributed by atoms with Gasteiger partial charge in [-0.2, -0.15) is 0 Å². The molecule has 0 N–H and O–H groups in total. The number of rotatable bonds is 13. The van der Waals surface area contributed by atoms with E-state index >= 15 is 0 Å². The second-order valence-electron chi connectivity index (χ2n) is 10.6. The Morgan fingerprint density at radius 3 is 1.62 bits per heavy atom. The molecule has 4 aromatic carbocycles. The van der Waals surface area contributed by atoms with Gasteiger partial charge in [-0.1, -0.05) is 121 Å². The summed E-state index contributed by atoms with van der Waals surface area (Å²) in [5, 5.41) is 3.08. The van der Waals surface area contributed by atoms with Gasteiger partial charge in [-0.05, 0) is 22.3 Å². The SMILES string of the molecule is c1ccc(COC[C@H]2[C@@H](OCc3ccccc3)[C@@H](OCc3ccccc3)[C@H](c3nccs3)N2Cc2ccccc2)cc1. The number of aromatic nitrogens is 1. The number of hydrogen-bond donors (Lipinski definition) is 0. The number of benzene rings is 4. The van der Waals surface area contributed by atoms with E-state index in [1.54, 1.807) is 11.3 Å². The Kier molecular flexibility index (Phi) is 9.83. The average Bonchev–Trinajstić information content (AvgIpc) is 3.67. The number of hydrogen-bond acceptors (Lipinski definition) is 6. The maximum Gasteiger partial charge on any atom is 0.113 e. The fourth-order valence-corrected chi connectivity index (χ4v) is 6.43. The summed E-state index contributed by atoms with van der Waals surface area (Å²) in [6, 6.07) is 41.5. The van der Waals surface area contributed by atoms with E-state index in [-0.39, 0.29) is 24.3 Å². The van der Waals surface area contributed by atoms with E-state index in [1.807, 2.05) is 41.9 Å². The zero-order chi connectivity index (χ0) is 28.4. The Morgan fingerprint density at radius 2 is 1.10 bits per heavy atom. The highest BCUT2D eigenvalue weighted by molar-refractivity contribution is 7.09. The first-order valence-electron chi connectivity index (χ1n) is 14.5. The van der Waals surface area contributed by atoms with Crippen LogP contribution in [0.4, 0.5) is 0 Å². The summed E-state index contributed by atoms with van der Waals surface area (Å²) in [7, 11) is 0. The normalized spacial score (nSPS) is 20.6. The van der Waals surface area contributed by atoms with Crippen molar-refractivity contribution in [2.75, 3.05) is 6.61 Å². The van der Waals surface area contributed by atoms with Gasteiger partial charge in [0.25, 0.3) is 0 Å². The van der Waals surface area contributed by atoms with Gasteiger partial charge in [0, 0.05) is 18.1 Å². The Bertz CT molecular complexity index is 1450. The molecule has 4 atom stereocenters. The minimum absolute atomic E-state index is 0.0488. The van der Waals surface area contributed by atoms with Crippen molar-refractivity contribution in [3.05, 3.63) is 160 Å². The zero-order valence-corrected chi connectivity index (χ0v) is 24.4. The first-order chi connectivity index (χ1) is 20.8. The molecule has 6 heteroatoms. The van der Waals surface area contributed by atoms with Crippen LogP contribution in [0.5, 0.6) is 0 Å². The van der Waals surface area contributed by atoms with Crippen molar-refractivity contribution in [2.24, 2.45) is 0 Å².